The average molecular weight is 333 g/mol. The Labute approximate surface area is 139 Å². The third-order valence-electron chi connectivity index (χ3n) is 3.88. The first kappa shape index (κ1) is 15.7. The molecule has 0 spiro atoms. The SMILES string of the molecule is Nc1nc(Cl)c(C#Cc2ccoc2)c(NC2CCC(CO)C2)n1. The van der Waals surface area contributed by atoms with Crippen molar-refractivity contribution in [1.29, 1.82) is 0 Å². The maximum Gasteiger partial charge on any atom is 0.223 e. The normalized spacial score (nSPS) is 20.1. The van der Waals surface area contributed by atoms with Crippen LogP contribution in [-0.4, -0.2) is 27.7 Å². The van der Waals surface area contributed by atoms with Crippen molar-refractivity contribution in [3.05, 3.63) is 34.9 Å². The van der Waals surface area contributed by atoms with Gasteiger partial charge in [0.05, 0.1) is 11.8 Å². The molecule has 1 aliphatic rings. The predicted octanol–water partition coefficient (Wildman–Crippen LogP) is 2.28. The summed E-state index contributed by atoms with van der Waals surface area (Å²) in [6, 6.07) is 1.97. The van der Waals surface area contributed by atoms with Gasteiger partial charge in [0, 0.05) is 12.6 Å². The fourth-order valence-corrected chi connectivity index (χ4v) is 2.92. The summed E-state index contributed by atoms with van der Waals surface area (Å²) in [7, 11) is 0. The highest BCUT2D eigenvalue weighted by atomic mass is 35.5. The quantitative estimate of drug-likeness (QED) is 0.589. The molecule has 7 heteroatoms. The number of aliphatic hydroxyl groups is 1. The van der Waals surface area contributed by atoms with E-state index in [1.807, 2.05) is 0 Å². The molecule has 0 aromatic carbocycles. The van der Waals surface area contributed by atoms with Crippen LogP contribution in [0, 0.1) is 17.8 Å². The highest BCUT2D eigenvalue weighted by Gasteiger charge is 2.25. The maximum absolute atomic E-state index is 9.26. The van der Waals surface area contributed by atoms with Gasteiger partial charge < -0.3 is 20.6 Å². The van der Waals surface area contributed by atoms with Gasteiger partial charge in [-0.3, -0.25) is 0 Å². The minimum absolute atomic E-state index is 0.100. The summed E-state index contributed by atoms with van der Waals surface area (Å²) in [6.07, 6.45) is 5.93. The zero-order chi connectivity index (χ0) is 16.2. The number of nitrogens with zero attached hydrogens (tertiary/aromatic N) is 2. The Bertz CT molecular complexity index is 737. The van der Waals surface area contributed by atoms with Gasteiger partial charge in [0.15, 0.2) is 5.15 Å². The summed E-state index contributed by atoms with van der Waals surface area (Å²) in [5.41, 5.74) is 6.95. The fraction of sp³-hybridized carbons (Fsp3) is 0.375. The Morgan fingerprint density at radius 3 is 2.96 bits per heavy atom. The topological polar surface area (TPSA) is 97.2 Å². The molecule has 6 nitrogen and oxygen atoms in total. The van der Waals surface area contributed by atoms with E-state index in [-0.39, 0.29) is 23.8 Å². The number of rotatable bonds is 3. The van der Waals surface area contributed by atoms with Crippen molar-refractivity contribution in [2.75, 3.05) is 17.7 Å². The molecule has 0 amide bonds. The van der Waals surface area contributed by atoms with E-state index >= 15 is 0 Å². The summed E-state index contributed by atoms with van der Waals surface area (Å²) in [4.78, 5) is 8.20. The summed E-state index contributed by atoms with van der Waals surface area (Å²) < 4.78 is 4.99. The van der Waals surface area contributed by atoms with Gasteiger partial charge in [-0.05, 0) is 31.2 Å². The highest BCUT2D eigenvalue weighted by Crippen LogP contribution is 2.29. The molecule has 1 saturated carbocycles. The van der Waals surface area contributed by atoms with Gasteiger partial charge in [0.25, 0.3) is 0 Å². The molecule has 3 rings (SSSR count). The summed E-state index contributed by atoms with van der Waals surface area (Å²) >= 11 is 6.18. The first-order valence-corrected chi connectivity index (χ1v) is 7.78. The van der Waals surface area contributed by atoms with Crippen molar-refractivity contribution in [2.24, 2.45) is 5.92 Å². The van der Waals surface area contributed by atoms with Crippen LogP contribution in [0.5, 0.6) is 0 Å². The van der Waals surface area contributed by atoms with Crippen LogP contribution in [0.2, 0.25) is 5.15 Å². The second-order valence-corrected chi connectivity index (χ2v) is 5.92. The van der Waals surface area contributed by atoms with Crippen molar-refractivity contribution in [1.82, 2.24) is 9.97 Å². The number of nitrogens with two attached hydrogens (primary N) is 1. The van der Waals surface area contributed by atoms with Gasteiger partial charge in [-0.2, -0.15) is 9.97 Å². The smallest absolute Gasteiger partial charge is 0.223 e. The molecule has 1 aliphatic carbocycles. The van der Waals surface area contributed by atoms with E-state index < -0.39 is 0 Å². The number of furan rings is 1. The molecule has 1 fully saturated rings. The third-order valence-corrected chi connectivity index (χ3v) is 4.15. The Morgan fingerprint density at radius 2 is 2.26 bits per heavy atom. The van der Waals surface area contributed by atoms with Crippen molar-refractivity contribution in [2.45, 2.75) is 25.3 Å². The lowest BCUT2D eigenvalue weighted by molar-refractivity contribution is 0.229. The molecule has 2 unspecified atom stereocenters. The van der Waals surface area contributed by atoms with E-state index in [0.717, 1.165) is 24.8 Å². The molecule has 0 bridgehead atoms. The summed E-state index contributed by atoms with van der Waals surface area (Å²) in [6.45, 7) is 0.206. The zero-order valence-corrected chi connectivity index (χ0v) is 13.2. The van der Waals surface area contributed by atoms with Gasteiger partial charge in [0.2, 0.25) is 5.95 Å². The number of hydrogen-bond acceptors (Lipinski definition) is 6. The second kappa shape index (κ2) is 6.90. The van der Waals surface area contributed by atoms with E-state index in [1.165, 1.54) is 0 Å². The molecule has 23 heavy (non-hydrogen) atoms. The van der Waals surface area contributed by atoms with Gasteiger partial charge >= 0.3 is 0 Å². The van der Waals surface area contributed by atoms with Crippen LogP contribution >= 0.6 is 11.6 Å². The molecule has 2 aromatic heterocycles. The molecule has 2 heterocycles. The number of nitrogen functional groups attached to an aromatic ring is 1. The van der Waals surface area contributed by atoms with Gasteiger partial charge in [0.1, 0.15) is 17.6 Å². The van der Waals surface area contributed by atoms with Crippen LogP contribution in [0.1, 0.15) is 30.4 Å². The summed E-state index contributed by atoms with van der Waals surface area (Å²) in [5.74, 6) is 6.89. The number of nitrogens with one attached hydrogen (secondary N) is 1. The minimum atomic E-state index is 0.100. The molecule has 0 saturated heterocycles. The first-order valence-electron chi connectivity index (χ1n) is 7.40. The van der Waals surface area contributed by atoms with Crippen molar-refractivity contribution >= 4 is 23.4 Å². The molecular weight excluding hydrogens is 316 g/mol. The van der Waals surface area contributed by atoms with E-state index in [2.05, 4.69) is 27.1 Å². The van der Waals surface area contributed by atoms with E-state index in [4.69, 9.17) is 21.8 Å². The van der Waals surface area contributed by atoms with Crippen LogP contribution < -0.4 is 11.1 Å². The van der Waals surface area contributed by atoms with Crippen molar-refractivity contribution < 1.29 is 9.52 Å². The Morgan fingerprint density at radius 1 is 1.39 bits per heavy atom. The maximum atomic E-state index is 9.26. The van der Waals surface area contributed by atoms with Crippen LogP contribution in [0.25, 0.3) is 0 Å². The number of aromatic nitrogens is 2. The average Bonchev–Trinajstić information content (AvgIpc) is 3.17. The van der Waals surface area contributed by atoms with Gasteiger partial charge in [-0.25, -0.2) is 0 Å². The molecule has 2 aromatic rings. The first-order chi connectivity index (χ1) is 11.2. The molecule has 4 N–H and O–H groups in total. The molecule has 120 valence electrons. The number of halogens is 1. The minimum Gasteiger partial charge on any atom is -0.471 e. The standard InChI is InChI=1S/C16H17ClN4O2/c17-14-13(4-2-10-5-6-23-9-10)15(21-16(18)20-14)19-12-3-1-11(7-12)8-22/h5-6,9,11-12,22H,1,3,7-8H2,(H3,18,19,20,21). The van der Waals surface area contributed by atoms with Crippen LogP contribution in [0.15, 0.2) is 23.0 Å². The van der Waals surface area contributed by atoms with Crippen LogP contribution in [0.4, 0.5) is 11.8 Å². The zero-order valence-electron chi connectivity index (χ0n) is 12.4. The lowest BCUT2D eigenvalue weighted by Gasteiger charge is -2.15. The van der Waals surface area contributed by atoms with Crippen LogP contribution in [0.3, 0.4) is 0 Å². The third kappa shape index (κ3) is 3.76. The highest BCUT2D eigenvalue weighted by molar-refractivity contribution is 6.31. The van der Waals surface area contributed by atoms with E-state index in [9.17, 15) is 5.11 Å². The molecular formula is C16H17ClN4O2. The Kier molecular flexibility index (Phi) is 4.70. The predicted molar refractivity (Wildman–Crippen MR) is 88.0 cm³/mol. The van der Waals surface area contributed by atoms with E-state index in [0.29, 0.717) is 17.3 Å². The molecule has 2 atom stereocenters. The lowest BCUT2D eigenvalue weighted by atomic mass is 10.1. The van der Waals surface area contributed by atoms with Gasteiger partial charge in [-0.1, -0.05) is 23.4 Å². The number of hydrogen-bond donors (Lipinski definition) is 3. The monoisotopic (exact) mass is 332 g/mol. The van der Waals surface area contributed by atoms with Gasteiger partial charge in [-0.15, -0.1) is 0 Å². The molecule has 0 radical (unpaired) electrons. The fourth-order valence-electron chi connectivity index (χ4n) is 2.70. The Hall–Kier alpha value is -2.23. The van der Waals surface area contributed by atoms with E-state index in [1.54, 1.807) is 18.6 Å². The number of aliphatic hydroxyl groups excluding tert-OH is 1. The largest absolute Gasteiger partial charge is 0.471 e. The molecule has 0 aliphatic heterocycles. The van der Waals surface area contributed by atoms with Crippen LogP contribution in [-0.2, 0) is 0 Å². The Balaban J connectivity index is 1.86. The van der Waals surface area contributed by atoms with Crippen molar-refractivity contribution in [3.63, 3.8) is 0 Å². The lowest BCUT2D eigenvalue weighted by Crippen LogP contribution is -2.19. The summed E-state index contributed by atoms with van der Waals surface area (Å²) in [5, 5.41) is 12.8. The van der Waals surface area contributed by atoms with Crippen molar-refractivity contribution in [3.8, 4) is 11.8 Å². The number of anilines is 2. The second-order valence-electron chi connectivity index (χ2n) is 5.56.